The molecule has 0 aromatic heterocycles. The zero-order chi connectivity index (χ0) is 13.4. The highest BCUT2D eigenvalue weighted by Gasteiger charge is 2.03. The molecule has 100 valence electrons. The molecule has 1 rings (SSSR count). The number of hydrogen-bond donors (Lipinski definition) is 1. The van der Waals surface area contributed by atoms with Gasteiger partial charge in [-0.05, 0) is 43.3 Å². The van der Waals surface area contributed by atoms with Crippen molar-refractivity contribution in [3.63, 3.8) is 0 Å². The number of thioether (sulfide) groups is 1. The van der Waals surface area contributed by atoms with Crippen LogP contribution in [0.1, 0.15) is 20.3 Å². The molecule has 0 aliphatic heterocycles. The normalized spacial score (nSPS) is 10.8. The maximum Gasteiger partial charge on any atom is 0.269 e. The van der Waals surface area contributed by atoms with Gasteiger partial charge in [0.15, 0.2) is 0 Å². The summed E-state index contributed by atoms with van der Waals surface area (Å²) in [6.07, 6.45) is 1.11. The van der Waals surface area contributed by atoms with Crippen molar-refractivity contribution in [2.24, 2.45) is 5.92 Å². The van der Waals surface area contributed by atoms with Crippen LogP contribution in [0, 0.1) is 16.0 Å². The number of rotatable bonds is 8. The molecular weight excluding hydrogens is 248 g/mol. The van der Waals surface area contributed by atoms with E-state index < -0.39 is 0 Å². The average Bonchev–Trinajstić information content (AvgIpc) is 2.34. The van der Waals surface area contributed by atoms with E-state index in [1.165, 1.54) is 0 Å². The van der Waals surface area contributed by atoms with Crippen molar-refractivity contribution in [1.82, 2.24) is 5.32 Å². The first-order valence-electron chi connectivity index (χ1n) is 6.17. The van der Waals surface area contributed by atoms with Crippen LogP contribution in [0.3, 0.4) is 0 Å². The van der Waals surface area contributed by atoms with Gasteiger partial charge < -0.3 is 5.32 Å². The van der Waals surface area contributed by atoms with Gasteiger partial charge in [-0.3, -0.25) is 10.1 Å². The number of nitro benzene ring substituents is 1. The Kier molecular flexibility index (Phi) is 6.75. The molecule has 18 heavy (non-hydrogen) atoms. The highest BCUT2D eigenvalue weighted by Crippen LogP contribution is 2.21. The number of nitro groups is 1. The third-order valence-corrected chi connectivity index (χ3v) is 3.47. The van der Waals surface area contributed by atoms with Crippen LogP contribution < -0.4 is 5.32 Å². The quantitative estimate of drug-likeness (QED) is 0.340. The molecule has 0 radical (unpaired) electrons. The van der Waals surface area contributed by atoms with E-state index >= 15 is 0 Å². The van der Waals surface area contributed by atoms with Gasteiger partial charge in [0.1, 0.15) is 0 Å². The fourth-order valence-electron chi connectivity index (χ4n) is 1.44. The number of non-ortho nitro benzene ring substituents is 1. The Balaban J connectivity index is 2.17. The van der Waals surface area contributed by atoms with E-state index in [0.717, 1.165) is 30.2 Å². The molecule has 0 bridgehead atoms. The summed E-state index contributed by atoms with van der Waals surface area (Å²) in [5, 5.41) is 13.9. The van der Waals surface area contributed by atoms with E-state index in [4.69, 9.17) is 0 Å². The second-order valence-corrected chi connectivity index (χ2v) is 5.72. The summed E-state index contributed by atoms with van der Waals surface area (Å²) in [6, 6.07) is 6.73. The van der Waals surface area contributed by atoms with Gasteiger partial charge in [-0.1, -0.05) is 13.8 Å². The van der Waals surface area contributed by atoms with Gasteiger partial charge in [0, 0.05) is 17.0 Å². The fourth-order valence-corrected chi connectivity index (χ4v) is 2.29. The second kappa shape index (κ2) is 8.11. The molecule has 0 saturated heterocycles. The van der Waals surface area contributed by atoms with Gasteiger partial charge in [-0.25, -0.2) is 0 Å². The van der Waals surface area contributed by atoms with E-state index in [2.05, 4.69) is 19.2 Å². The van der Waals surface area contributed by atoms with Crippen molar-refractivity contribution < 1.29 is 4.92 Å². The Hall–Kier alpha value is -1.07. The molecule has 1 aromatic rings. The lowest BCUT2D eigenvalue weighted by Gasteiger charge is -2.06. The SMILES string of the molecule is CC(C)CNCCCSc1ccc([N+](=O)[O-])cc1. The van der Waals surface area contributed by atoms with Crippen LogP contribution >= 0.6 is 11.8 Å². The van der Waals surface area contributed by atoms with Gasteiger partial charge in [-0.15, -0.1) is 11.8 Å². The summed E-state index contributed by atoms with van der Waals surface area (Å²) in [4.78, 5) is 11.2. The summed E-state index contributed by atoms with van der Waals surface area (Å²) >= 11 is 1.74. The van der Waals surface area contributed by atoms with Gasteiger partial charge in [0.2, 0.25) is 0 Å². The fraction of sp³-hybridized carbons (Fsp3) is 0.538. The molecule has 1 aromatic carbocycles. The highest BCUT2D eigenvalue weighted by atomic mass is 32.2. The van der Waals surface area contributed by atoms with E-state index in [-0.39, 0.29) is 10.6 Å². The Morgan fingerprint density at radius 3 is 2.56 bits per heavy atom. The maximum atomic E-state index is 10.5. The number of benzene rings is 1. The minimum atomic E-state index is -0.371. The van der Waals surface area contributed by atoms with E-state index in [1.54, 1.807) is 23.9 Å². The lowest BCUT2D eigenvalue weighted by atomic mass is 10.2. The van der Waals surface area contributed by atoms with Crippen LogP contribution in [0.5, 0.6) is 0 Å². The van der Waals surface area contributed by atoms with Crippen molar-refractivity contribution in [3.05, 3.63) is 34.4 Å². The van der Waals surface area contributed by atoms with Crippen molar-refractivity contribution in [1.29, 1.82) is 0 Å². The molecule has 0 spiro atoms. The Morgan fingerprint density at radius 2 is 2.00 bits per heavy atom. The maximum absolute atomic E-state index is 10.5. The summed E-state index contributed by atoms with van der Waals surface area (Å²) in [5.74, 6) is 1.72. The second-order valence-electron chi connectivity index (χ2n) is 4.55. The summed E-state index contributed by atoms with van der Waals surface area (Å²) < 4.78 is 0. The minimum absolute atomic E-state index is 0.151. The lowest BCUT2D eigenvalue weighted by molar-refractivity contribution is -0.384. The number of hydrogen-bond acceptors (Lipinski definition) is 4. The number of nitrogens with zero attached hydrogens (tertiary/aromatic N) is 1. The predicted molar refractivity (Wildman–Crippen MR) is 76.1 cm³/mol. The smallest absolute Gasteiger partial charge is 0.269 e. The van der Waals surface area contributed by atoms with Crippen molar-refractivity contribution in [2.75, 3.05) is 18.8 Å². The lowest BCUT2D eigenvalue weighted by Crippen LogP contribution is -2.21. The standard InChI is InChI=1S/C13H20N2O2S/c1-11(2)10-14-8-3-9-18-13-6-4-12(5-7-13)15(16)17/h4-7,11,14H,3,8-10H2,1-2H3. The molecule has 5 heteroatoms. The minimum Gasteiger partial charge on any atom is -0.316 e. The first kappa shape index (κ1) is 15.0. The van der Waals surface area contributed by atoms with E-state index in [0.29, 0.717) is 5.92 Å². The molecule has 0 aliphatic carbocycles. The monoisotopic (exact) mass is 268 g/mol. The third kappa shape index (κ3) is 6.02. The molecule has 4 nitrogen and oxygen atoms in total. The van der Waals surface area contributed by atoms with Crippen molar-refractivity contribution in [3.8, 4) is 0 Å². The van der Waals surface area contributed by atoms with Gasteiger partial charge >= 0.3 is 0 Å². The van der Waals surface area contributed by atoms with Crippen LogP contribution in [0.2, 0.25) is 0 Å². The molecule has 0 atom stereocenters. The molecule has 0 amide bonds. The molecule has 1 N–H and O–H groups in total. The largest absolute Gasteiger partial charge is 0.316 e. The van der Waals surface area contributed by atoms with Gasteiger partial charge in [-0.2, -0.15) is 0 Å². The van der Waals surface area contributed by atoms with Crippen LogP contribution in [0.25, 0.3) is 0 Å². The zero-order valence-electron chi connectivity index (χ0n) is 10.9. The Labute approximate surface area is 112 Å². The third-order valence-electron chi connectivity index (χ3n) is 2.37. The summed E-state index contributed by atoms with van der Waals surface area (Å²) in [7, 11) is 0. The molecule has 0 aliphatic rings. The van der Waals surface area contributed by atoms with Crippen LogP contribution in [-0.4, -0.2) is 23.8 Å². The number of nitrogens with one attached hydrogen (secondary N) is 1. The topological polar surface area (TPSA) is 55.2 Å². The molecule has 0 fully saturated rings. The van der Waals surface area contributed by atoms with Crippen molar-refractivity contribution >= 4 is 17.4 Å². The Bertz CT molecular complexity index is 366. The first-order valence-corrected chi connectivity index (χ1v) is 7.16. The first-order chi connectivity index (χ1) is 8.59. The van der Waals surface area contributed by atoms with Crippen LogP contribution in [0.4, 0.5) is 5.69 Å². The summed E-state index contributed by atoms with van der Waals surface area (Å²) in [6.45, 7) is 6.47. The molecule has 0 saturated carbocycles. The van der Waals surface area contributed by atoms with E-state index in [9.17, 15) is 10.1 Å². The predicted octanol–water partition coefficient (Wildman–Crippen LogP) is 3.32. The molecule has 0 heterocycles. The van der Waals surface area contributed by atoms with Crippen molar-refractivity contribution in [2.45, 2.75) is 25.2 Å². The highest BCUT2D eigenvalue weighted by molar-refractivity contribution is 7.99. The van der Waals surface area contributed by atoms with E-state index in [1.807, 2.05) is 12.1 Å². The van der Waals surface area contributed by atoms with Crippen LogP contribution in [0.15, 0.2) is 29.2 Å². The summed E-state index contributed by atoms with van der Waals surface area (Å²) in [5.41, 5.74) is 0.151. The molecule has 0 unspecified atom stereocenters. The van der Waals surface area contributed by atoms with Crippen LogP contribution in [-0.2, 0) is 0 Å². The zero-order valence-corrected chi connectivity index (χ0v) is 11.7. The average molecular weight is 268 g/mol. The molecular formula is C13H20N2O2S. The Morgan fingerprint density at radius 1 is 1.33 bits per heavy atom. The van der Waals surface area contributed by atoms with Gasteiger partial charge in [0.25, 0.3) is 5.69 Å². The van der Waals surface area contributed by atoms with Gasteiger partial charge in [0.05, 0.1) is 4.92 Å².